The van der Waals surface area contributed by atoms with Gasteiger partial charge in [0.25, 0.3) is 0 Å². The molecule has 0 radical (unpaired) electrons. The molecule has 33 heavy (non-hydrogen) atoms. The van der Waals surface area contributed by atoms with Gasteiger partial charge in [0.1, 0.15) is 0 Å². The average Bonchev–Trinajstić information content (AvgIpc) is 3.37. The lowest BCUT2D eigenvalue weighted by Gasteiger charge is -2.18. The lowest BCUT2D eigenvalue weighted by atomic mass is 9.97. The summed E-state index contributed by atoms with van der Waals surface area (Å²) in [6.07, 6.45) is 3.94. The number of fused-ring (bicyclic) bond motifs is 1. The average molecular weight is 461 g/mol. The molecule has 0 amide bonds. The molecule has 0 aliphatic carbocycles. The molecule has 4 rings (SSSR count). The third-order valence-corrected chi connectivity index (χ3v) is 7.54. The number of aromatic nitrogens is 3. The number of thiophene rings is 1. The fourth-order valence-corrected chi connectivity index (χ4v) is 5.49. The van der Waals surface area contributed by atoms with Gasteiger partial charge in [0.05, 0.1) is 28.1 Å². The van der Waals surface area contributed by atoms with Crippen molar-refractivity contribution in [2.45, 2.75) is 79.8 Å². The molecule has 0 aromatic carbocycles. The minimum Gasteiger partial charge on any atom is -0.379 e. The topological polar surface area (TPSA) is 42.7 Å². The smallest absolute Gasteiger partial charge is 0.0942 e. The van der Waals surface area contributed by atoms with Crippen LogP contribution in [0.1, 0.15) is 80.4 Å². The molecule has 5 heteroatoms. The molecule has 1 atom stereocenters. The standard InChI is InChI=1S/C28H36N4S/c1-8-18(5)26-22(11-10-12-29-26)23-14-24(30-15-21-13-19(6)33-16-21)28-27(31-23)20(7)25(9-2)32(28)17(3)4/h10-14,16-18H,8-9,15H2,1-7H3,(H,30,31). The fraction of sp³-hybridized carbons (Fsp3) is 0.429. The summed E-state index contributed by atoms with van der Waals surface area (Å²) in [6.45, 7) is 16.4. The summed E-state index contributed by atoms with van der Waals surface area (Å²) in [5, 5.41) is 6.02. The van der Waals surface area contributed by atoms with E-state index < -0.39 is 0 Å². The van der Waals surface area contributed by atoms with E-state index in [9.17, 15) is 0 Å². The molecular formula is C28H36N4S. The number of pyridine rings is 2. The molecule has 4 nitrogen and oxygen atoms in total. The summed E-state index contributed by atoms with van der Waals surface area (Å²) in [6, 6.07) is 9.06. The van der Waals surface area contributed by atoms with Gasteiger partial charge >= 0.3 is 0 Å². The summed E-state index contributed by atoms with van der Waals surface area (Å²) in [5.41, 5.74) is 10.7. The van der Waals surface area contributed by atoms with Crippen LogP contribution < -0.4 is 5.32 Å². The molecule has 0 spiro atoms. The molecule has 4 aromatic heterocycles. The van der Waals surface area contributed by atoms with E-state index in [0.717, 1.165) is 47.5 Å². The van der Waals surface area contributed by atoms with Gasteiger partial charge < -0.3 is 9.88 Å². The third-order valence-electron chi connectivity index (χ3n) is 6.63. The maximum Gasteiger partial charge on any atom is 0.0942 e. The van der Waals surface area contributed by atoms with Crippen molar-refractivity contribution in [1.29, 1.82) is 0 Å². The Balaban J connectivity index is 1.94. The number of hydrogen-bond donors (Lipinski definition) is 1. The van der Waals surface area contributed by atoms with Crippen LogP contribution in [0.15, 0.2) is 35.8 Å². The van der Waals surface area contributed by atoms with Crippen molar-refractivity contribution in [2.75, 3.05) is 5.32 Å². The van der Waals surface area contributed by atoms with Gasteiger partial charge in [-0.1, -0.05) is 20.8 Å². The Morgan fingerprint density at radius 2 is 1.91 bits per heavy atom. The molecule has 0 bridgehead atoms. The first kappa shape index (κ1) is 23.5. The molecule has 0 aliphatic heterocycles. The summed E-state index contributed by atoms with van der Waals surface area (Å²) in [7, 11) is 0. The Kier molecular flexibility index (Phi) is 6.89. The Labute approximate surface area is 202 Å². The largest absolute Gasteiger partial charge is 0.379 e. The van der Waals surface area contributed by atoms with Gasteiger partial charge in [-0.2, -0.15) is 0 Å². The Morgan fingerprint density at radius 3 is 2.55 bits per heavy atom. The number of hydrogen-bond acceptors (Lipinski definition) is 4. The fourth-order valence-electron chi connectivity index (χ4n) is 4.78. The van der Waals surface area contributed by atoms with Crippen LogP contribution in [0, 0.1) is 13.8 Å². The van der Waals surface area contributed by atoms with Crippen LogP contribution in [0.3, 0.4) is 0 Å². The van der Waals surface area contributed by atoms with E-state index in [0.29, 0.717) is 12.0 Å². The molecule has 4 aromatic rings. The van der Waals surface area contributed by atoms with E-state index in [-0.39, 0.29) is 0 Å². The van der Waals surface area contributed by atoms with Gasteiger partial charge in [0.2, 0.25) is 0 Å². The highest BCUT2D eigenvalue weighted by Crippen LogP contribution is 2.38. The van der Waals surface area contributed by atoms with Crippen molar-refractivity contribution in [3.05, 3.63) is 63.2 Å². The maximum atomic E-state index is 5.26. The van der Waals surface area contributed by atoms with Crippen LogP contribution in [-0.4, -0.2) is 14.5 Å². The molecule has 174 valence electrons. The van der Waals surface area contributed by atoms with Crippen molar-refractivity contribution >= 4 is 28.1 Å². The Bertz CT molecular complexity index is 1260. The van der Waals surface area contributed by atoms with Crippen LogP contribution in [0.2, 0.25) is 0 Å². The number of aryl methyl sites for hydroxylation is 2. The highest BCUT2D eigenvalue weighted by molar-refractivity contribution is 7.10. The highest BCUT2D eigenvalue weighted by atomic mass is 32.1. The molecule has 4 heterocycles. The Morgan fingerprint density at radius 1 is 1.12 bits per heavy atom. The molecule has 1 N–H and O–H groups in total. The van der Waals surface area contributed by atoms with Crippen LogP contribution in [0.5, 0.6) is 0 Å². The van der Waals surface area contributed by atoms with Gasteiger partial charge in [-0.3, -0.25) is 4.98 Å². The quantitative estimate of drug-likeness (QED) is 0.289. The van der Waals surface area contributed by atoms with E-state index in [1.165, 1.54) is 27.2 Å². The van der Waals surface area contributed by atoms with Crippen molar-refractivity contribution in [3.8, 4) is 11.3 Å². The second-order valence-electron chi connectivity index (χ2n) is 9.31. The molecular weight excluding hydrogens is 424 g/mol. The van der Waals surface area contributed by atoms with Crippen LogP contribution in [0.25, 0.3) is 22.3 Å². The number of nitrogens with zero attached hydrogens (tertiary/aromatic N) is 3. The summed E-state index contributed by atoms with van der Waals surface area (Å²) in [4.78, 5) is 11.4. The van der Waals surface area contributed by atoms with Crippen LogP contribution >= 0.6 is 11.3 Å². The van der Waals surface area contributed by atoms with E-state index in [1.54, 1.807) is 11.3 Å². The first-order chi connectivity index (χ1) is 15.8. The zero-order valence-corrected chi connectivity index (χ0v) is 21.8. The van der Waals surface area contributed by atoms with Gasteiger partial charge in [0, 0.05) is 34.9 Å². The van der Waals surface area contributed by atoms with Gasteiger partial charge in [-0.25, -0.2) is 4.98 Å². The third kappa shape index (κ3) is 4.43. The lowest BCUT2D eigenvalue weighted by Crippen LogP contribution is -2.08. The molecule has 0 fully saturated rings. The zero-order valence-electron chi connectivity index (χ0n) is 21.0. The second kappa shape index (κ2) is 9.68. The number of nitrogens with one attached hydrogen (secondary N) is 1. The minimum atomic E-state index is 0.363. The van der Waals surface area contributed by atoms with Gasteiger partial charge in [-0.05, 0) is 87.2 Å². The normalized spacial score (nSPS) is 12.6. The zero-order chi connectivity index (χ0) is 23.7. The molecule has 0 saturated heterocycles. The summed E-state index contributed by atoms with van der Waals surface area (Å²) < 4.78 is 2.47. The van der Waals surface area contributed by atoms with E-state index in [1.807, 2.05) is 12.3 Å². The van der Waals surface area contributed by atoms with Gasteiger partial charge in [-0.15, -0.1) is 11.3 Å². The van der Waals surface area contributed by atoms with E-state index in [4.69, 9.17) is 9.97 Å². The number of anilines is 1. The molecule has 1 unspecified atom stereocenters. The predicted molar refractivity (Wildman–Crippen MR) is 143 cm³/mol. The minimum absolute atomic E-state index is 0.363. The first-order valence-corrected chi connectivity index (χ1v) is 13.0. The number of rotatable bonds is 8. The van der Waals surface area contributed by atoms with Crippen LogP contribution in [-0.2, 0) is 13.0 Å². The molecule has 0 aliphatic rings. The first-order valence-electron chi connectivity index (χ1n) is 12.1. The van der Waals surface area contributed by atoms with E-state index in [2.05, 4.69) is 81.9 Å². The Hall–Kier alpha value is -2.66. The van der Waals surface area contributed by atoms with Crippen molar-refractivity contribution in [1.82, 2.24) is 14.5 Å². The summed E-state index contributed by atoms with van der Waals surface area (Å²) in [5.74, 6) is 0.386. The monoisotopic (exact) mass is 460 g/mol. The van der Waals surface area contributed by atoms with Crippen molar-refractivity contribution in [2.24, 2.45) is 0 Å². The maximum absolute atomic E-state index is 5.26. The van der Waals surface area contributed by atoms with Crippen molar-refractivity contribution < 1.29 is 0 Å². The summed E-state index contributed by atoms with van der Waals surface area (Å²) >= 11 is 1.80. The van der Waals surface area contributed by atoms with Crippen LogP contribution in [0.4, 0.5) is 5.69 Å². The van der Waals surface area contributed by atoms with E-state index >= 15 is 0 Å². The van der Waals surface area contributed by atoms with Crippen molar-refractivity contribution in [3.63, 3.8) is 0 Å². The molecule has 0 saturated carbocycles. The SMILES string of the molecule is CCc1c(C)c2nc(-c3cccnc3C(C)CC)cc(NCc3csc(C)c3)c2n1C(C)C. The lowest BCUT2D eigenvalue weighted by molar-refractivity contribution is 0.596. The van der Waals surface area contributed by atoms with Gasteiger partial charge in [0.15, 0.2) is 0 Å². The highest BCUT2D eigenvalue weighted by Gasteiger charge is 2.22. The second-order valence-corrected chi connectivity index (χ2v) is 10.4. The predicted octanol–water partition coefficient (Wildman–Crippen LogP) is 8.05.